The number of carbonyl (C=O) groups excluding carboxylic acids is 1. The Morgan fingerprint density at radius 3 is 3.00 bits per heavy atom. The molecule has 2 fully saturated rings. The zero-order valence-corrected chi connectivity index (χ0v) is 8.90. The van der Waals surface area contributed by atoms with E-state index in [-0.39, 0.29) is 17.8 Å². The van der Waals surface area contributed by atoms with E-state index in [4.69, 9.17) is 4.52 Å². The molecule has 1 aromatic rings. The van der Waals surface area contributed by atoms with Crippen LogP contribution < -0.4 is 10.6 Å². The summed E-state index contributed by atoms with van der Waals surface area (Å²) in [7, 11) is 0. The molecule has 3 rings (SSSR count). The average molecular weight is 222 g/mol. The maximum Gasteiger partial charge on any atom is 0.292 e. The highest BCUT2D eigenvalue weighted by atomic mass is 16.5. The molecule has 2 N–H and O–H groups in total. The van der Waals surface area contributed by atoms with Crippen LogP contribution in [0.1, 0.15) is 48.2 Å². The number of nitrogens with one attached hydrogen (secondary N) is 2. The SMILES string of the molecule is O=C(NC1CC1)c1noc([C@H]2CCCN2)n1. The summed E-state index contributed by atoms with van der Waals surface area (Å²) in [4.78, 5) is 15.7. The van der Waals surface area contributed by atoms with Crippen molar-refractivity contribution in [1.29, 1.82) is 0 Å². The Kier molecular flexibility index (Phi) is 2.36. The molecule has 1 saturated carbocycles. The van der Waals surface area contributed by atoms with Gasteiger partial charge in [0, 0.05) is 6.04 Å². The summed E-state index contributed by atoms with van der Waals surface area (Å²) in [6.07, 6.45) is 4.21. The molecule has 0 aromatic carbocycles. The van der Waals surface area contributed by atoms with Gasteiger partial charge in [-0.15, -0.1) is 0 Å². The van der Waals surface area contributed by atoms with Crippen molar-refractivity contribution < 1.29 is 9.32 Å². The first-order chi connectivity index (χ1) is 7.83. The first-order valence-corrected chi connectivity index (χ1v) is 5.71. The molecule has 1 amide bonds. The number of carbonyl (C=O) groups is 1. The van der Waals surface area contributed by atoms with Crippen molar-refractivity contribution in [1.82, 2.24) is 20.8 Å². The van der Waals surface area contributed by atoms with Crippen LogP contribution in [0.3, 0.4) is 0 Å². The summed E-state index contributed by atoms with van der Waals surface area (Å²) in [6.45, 7) is 0.969. The number of rotatable bonds is 3. The van der Waals surface area contributed by atoms with E-state index in [1.807, 2.05) is 0 Å². The Morgan fingerprint density at radius 2 is 2.31 bits per heavy atom. The topological polar surface area (TPSA) is 80.0 Å². The lowest BCUT2D eigenvalue weighted by Crippen LogP contribution is -2.26. The number of hydrogen-bond donors (Lipinski definition) is 2. The van der Waals surface area contributed by atoms with Gasteiger partial charge in [0.2, 0.25) is 5.89 Å². The molecule has 16 heavy (non-hydrogen) atoms. The van der Waals surface area contributed by atoms with Gasteiger partial charge in [0.05, 0.1) is 6.04 Å². The first-order valence-electron chi connectivity index (χ1n) is 5.71. The Hall–Kier alpha value is -1.43. The first kappa shape index (κ1) is 9.77. The highest BCUT2D eigenvalue weighted by molar-refractivity contribution is 5.90. The van der Waals surface area contributed by atoms with Crippen LogP contribution in [-0.4, -0.2) is 28.6 Å². The average Bonchev–Trinajstić information content (AvgIpc) is 2.84. The summed E-state index contributed by atoms with van der Waals surface area (Å²) in [5.74, 6) is 0.449. The van der Waals surface area contributed by atoms with Gasteiger partial charge >= 0.3 is 0 Å². The minimum absolute atomic E-state index is 0.120. The van der Waals surface area contributed by atoms with Crippen molar-refractivity contribution >= 4 is 5.91 Å². The van der Waals surface area contributed by atoms with E-state index in [0.29, 0.717) is 11.9 Å². The maximum absolute atomic E-state index is 11.6. The molecule has 0 bridgehead atoms. The summed E-state index contributed by atoms with van der Waals surface area (Å²) >= 11 is 0. The standard InChI is InChI=1S/C10H14N4O2/c15-9(12-6-3-4-6)8-13-10(16-14-8)7-2-1-5-11-7/h6-7,11H,1-5H2,(H,12,15)/t7-/m1/s1. The molecule has 6 heteroatoms. The van der Waals surface area contributed by atoms with E-state index in [9.17, 15) is 4.79 Å². The van der Waals surface area contributed by atoms with Crippen LogP contribution in [-0.2, 0) is 0 Å². The van der Waals surface area contributed by atoms with Gasteiger partial charge < -0.3 is 15.2 Å². The molecule has 6 nitrogen and oxygen atoms in total. The summed E-state index contributed by atoms with van der Waals surface area (Å²) in [6, 6.07) is 0.439. The van der Waals surface area contributed by atoms with E-state index in [1.54, 1.807) is 0 Å². The van der Waals surface area contributed by atoms with E-state index >= 15 is 0 Å². The second-order valence-electron chi connectivity index (χ2n) is 4.35. The fraction of sp³-hybridized carbons (Fsp3) is 0.700. The van der Waals surface area contributed by atoms with Gasteiger partial charge in [-0.05, 0) is 32.2 Å². The third kappa shape index (κ3) is 1.92. The van der Waals surface area contributed by atoms with Gasteiger partial charge in [0.1, 0.15) is 0 Å². The molecule has 2 aliphatic rings. The van der Waals surface area contributed by atoms with Gasteiger partial charge in [-0.2, -0.15) is 4.98 Å². The Balaban J connectivity index is 1.68. The highest BCUT2D eigenvalue weighted by Crippen LogP contribution is 2.22. The minimum Gasteiger partial charge on any atom is -0.346 e. The Labute approximate surface area is 92.8 Å². The largest absolute Gasteiger partial charge is 0.346 e. The maximum atomic E-state index is 11.6. The second kappa shape index (κ2) is 3.86. The zero-order chi connectivity index (χ0) is 11.0. The minimum atomic E-state index is -0.226. The molecule has 86 valence electrons. The lowest BCUT2D eigenvalue weighted by atomic mass is 10.2. The van der Waals surface area contributed by atoms with E-state index in [2.05, 4.69) is 20.8 Å². The van der Waals surface area contributed by atoms with E-state index in [1.165, 1.54) is 0 Å². The van der Waals surface area contributed by atoms with E-state index in [0.717, 1.165) is 32.2 Å². The zero-order valence-electron chi connectivity index (χ0n) is 8.90. The van der Waals surface area contributed by atoms with Crippen LogP contribution in [0, 0.1) is 0 Å². The number of aromatic nitrogens is 2. The fourth-order valence-corrected chi connectivity index (χ4v) is 1.84. The van der Waals surface area contributed by atoms with Crippen molar-refractivity contribution in [2.45, 2.75) is 37.8 Å². The summed E-state index contributed by atoms with van der Waals surface area (Å²) in [5, 5.41) is 9.78. The predicted molar refractivity (Wildman–Crippen MR) is 54.8 cm³/mol. The lowest BCUT2D eigenvalue weighted by molar-refractivity contribution is 0.0937. The molecular weight excluding hydrogens is 208 g/mol. The molecular formula is C10H14N4O2. The van der Waals surface area contributed by atoms with Crippen molar-refractivity contribution in [3.05, 3.63) is 11.7 Å². The van der Waals surface area contributed by atoms with Gasteiger partial charge in [-0.3, -0.25) is 4.79 Å². The van der Waals surface area contributed by atoms with Crippen molar-refractivity contribution in [3.8, 4) is 0 Å². The van der Waals surface area contributed by atoms with Crippen molar-refractivity contribution in [3.63, 3.8) is 0 Å². The monoisotopic (exact) mass is 222 g/mol. The van der Waals surface area contributed by atoms with Crippen molar-refractivity contribution in [2.24, 2.45) is 0 Å². The third-order valence-corrected chi connectivity index (χ3v) is 2.92. The van der Waals surface area contributed by atoms with Gasteiger partial charge in [0.15, 0.2) is 0 Å². The van der Waals surface area contributed by atoms with Gasteiger partial charge in [-0.1, -0.05) is 5.16 Å². The number of nitrogens with zero attached hydrogens (tertiary/aromatic N) is 2. The molecule has 1 aromatic heterocycles. The summed E-state index contributed by atoms with van der Waals surface area (Å²) in [5.41, 5.74) is 0. The normalized spacial score (nSPS) is 24.6. The number of amides is 1. The fourth-order valence-electron chi connectivity index (χ4n) is 1.84. The van der Waals surface area contributed by atoms with E-state index < -0.39 is 0 Å². The molecule has 1 saturated heterocycles. The quantitative estimate of drug-likeness (QED) is 0.773. The molecule has 0 unspecified atom stereocenters. The van der Waals surface area contributed by atoms with Crippen LogP contribution >= 0.6 is 0 Å². The van der Waals surface area contributed by atoms with Gasteiger partial charge in [-0.25, -0.2) is 0 Å². The Morgan fingerprint density at radius 1 is 1.44 bits per heavy atom. The molecule has 0 radical (unpaired) electrons. The van der Waals surface area contributed by atoms with Crippen LogP contribution in [0.5, 0.6) is 0 Å². The lowest BCUT2D eigenvalue weighted by Gasteiger charge is -2.01. The Bertz CT molecular complexity index is 393. The number of hydrogen-bond acceptors (Lipinski definition) is 5. The predicted octanol–water partition coefficient (Wildman–Crippen LogP) is 0.386. The molecule has 0 spiro atoms. The van der Waals surface area contributed by atoms with Crippen LogP contribution in [0.15, 0.2) is 4.52 Å². The second-order valence-corrected chi connectivity index (χ2v) is 4.35. The summed E-state index contributed by atoms with van der Waals surface area (Å²) < 4.78 is 5.09. The molecule has 1 aliphatic heterocycles. The smallest absolute Gasteiger partial charge is 0.292 e. The molecule has 2 heterocycles. The molecule has 1 atom stereocenters. The highest BCUT2D eigenvalue weighted by Gasteiger charge is 2.28. The van der Waals surface area contributed by atoms with Crippen LogP contribution in [0.2, 0.25) is 0 Å². The van der Waals surface area contributed by atoms with Crippen molar-refractivity contribution in [2.75, 3.05) is 6.54 Å². The van der Waals surface area contributed by atoms with Crippen LogP contribution in [0.25, 0.3) is 0 Å². The van der Waals surface area contributed by atoms with Gasteiger partial charge in [0.25, 0.3) is 11.7 Å². The third-order valence-electron chi connectivity index (χ3n) is 2.92. The molecule has 1 aliphatic carbocycles. The van der Waals surface area contributed by atoms with Crippen LogP contribution in [0.4, 0.5) is 0 Å².